The molecule has 0 saturated carbocycles. The number of benzene rings is 2. The predicted molar refractivity (Wildman–Crippen MR) is 143 cm³/mol. The van der Waals surface area contributed by atoms with Crippen LogP contribution in [-0.4, -0.2) is 50.9 Å². The summed E-state index contributed by atoms with van der Waals surface area (Å²) in [6.07, 6.45) is 3.11. The number of hydrogen-bond acceptors (Lipinski definition) is 5. The number of anilines is 2. The molecule has 0 unspecified atom stereocenters. The van der Waals surface area contributed by atoms with Crippen molar-refractivity contribution in [3.8, 4) is 5.69 Å². The third-order valence-corrected chi connectivity index (χ3v) is 7.69. The Balaban J connectivity index is 1.35. The lowest BCUT2D eigenvalue weighted by atomic mass is 10.1. The van der Waals surface area contributed by atoms with Gasteiger partial charge < -0.3 is 10.2 Å². The Morgan fingerprint density at radius 3 is 2.51 bits per heavy atom. The number of rotatable bonds is 6. The van der Waals surface area contributed by atoms with Crippen molar-refractivity contribution in [1.29, 1.82) is 0 Å². The van der Waals surface area contributed by atoms with Crippen LogP contribution in [0.3, 0.4) is 0 Å². The van der Waals surface area contributed by atoms with Crippen molar-refractivity contribution in [2.24, 2.45) is 0 Å². The van der Waals surface area contributed by atoms with Crippen molar-refractivity contribution < 1.29 is 0 Å². The average molecular weight is 467 g/mol. The van der Waals surface area contributed by atoms with Crippen LogP contribution in [0.5, 0.6) is 0 Å². The van der Waals surface area contributed by atoms with Crippen LogP contribution in [0.25, 0.3) is 16.6 Å². The molecule has 2 aliphatic heterocycles. The molecule has 6 nitrogen and oxygen atoms in total. The largest absolute Gasteiger partial charge is 0.363 e. The molecule has 2 bridgehead atoms. The van der Waals surface area contributed by atoms with Gasteiger partial charge in [0.2, 0.25) is 0 Å². The van der Waals surface area contributed by atoms with Gasteiger partial charge in [0.25, 0.3) is 0 Å². The fourth-order valence-electron chi connectivity index (χ4n) is 5.88. The Morgan fingerprint density at radius 1 is 0.943 bits per heavy atom. The molecule has 0 amide bonds. The highest BCUT2D eigenvalue weighted by atomic mass is 15.4. The van der Waals surface area contributed by atoms with E-state index in [1.54, 1.807) is 0 Å². The van der Waals surface area contributed by atoms with Crippen LogP contribution in [0.15, 0.2) is 66.9 Å². The summed E-state index contributed by atoms with van der Waals surface area (Å²) in [5.41, 5.74) is 4.65. The number of aromatic nitrogens is 3. The zero-order chi connectivity index (χ0) is 24.1. The SMILES string of the molecule is Cc1ccc2c(N3C[C@@H]4C[C@H]3CN4C(C)C)nn(-c3ccnc(N[C@H](C)c4ccccc4)c3)c2c1. The lowest BCUT2D eigenvalue weighted by molar-refractivity contribution is 0.191. The van der Waals surface area contributed by atoms with Gasteiger partial charge in [-0.25, -0.2) is 9.67 Å². The Hall–Kier alpha value is -3.38. The summed E-state index contributed by atoms with van der Waals surface area (Å²) in [4.78, 5) is 9.80. The van der Waals surface area contributed by atoms with Crippen LogP contribution in [0.2, 0.25) is 0 Å². The van der Waals surface area contributed by atoms with E-state index in [4.69, 9.17) is 5.10 Å². The van der Waals surface area contributed by atoms with Crippen LogP contribution in [0.1, 0.15) is 44.4 Å². The second-order valence-corrected chi connectivity index (χ2v) is 10.4. The third kappa shape index (κ3) is 3.96. The fraction of sp³-hybridized carbons (Fsp3) is 0.379. The van der Waals surface area contributed by atoms with E-state index in [1.807, 2.05) is 18.3 Å². The number of pyridine rings is 1. The molecule has 2 aromatic heterocycles. The molecule has 2 aromatic carbocycles. The van der Waals surface area contributed by atoms with Gasteiger partial charge in [-0.1, -0.05) is 36.4 Å². The minimum Gasteiger partial charge on any atom is -0.363 e. The minimum absolute atomic E-state index is 0.162. The van der Waals surface area contributed by atoms with Crippen LogP contribution < -0.4 is 10.2 Å². The van der Waals surface area contributed by atoms with Gasteiger partial charge in [-0.05, 0) is 63.4 Å². The van der Waals surface area contributed by atoms with Crippen molar-refractivity contribution in [2.75, 3.05) is 23.3 Å². The lowest BCUT2D eigenvalue weighted by Crippen LogP contribution is -2.49. The van der Waals surface area contributed by atoms with Crippen molar-refractivity contribution >= 4 is 22.5 Å². The Labute approximate surface area is 207 Å². The van der Waals surface area contributed by atoms with E-state index in [2.05, 4.69) is 101 Å². The van der Waals surface area contributed by atoms with Gasteiger partial charge in [-0.3, -0.25) is 4.90 Å². The molecule has 1 N–H and O–H groups in total. The number of hydrogen-bond donors (Lipinski definition) is 1. The molecule has 0 spiro atoms. The minimum atomic E-state index is 0.162. The first-order chi connectivity index (χ1) is 17.0. The first kappa shape index (κ1) is 22.1. The highest BCUT2D eigenvalue weighted by molar-refractivity contribution is 5.92. The summed E-state index contributed by atoms with van der Waals surface area (Å²) in [6, 6.07) is 23.3. The summed E-state index contributed by atoms with van der Waals surface area (Å²) in [6.45, 7) is 11.1. The third-order valence-electron chi connectivity index (χ3n) is 7.69. The maximum absolute atomic E-state index is 5.22. The summed E-state index contributed by atoms with van der Waals surface area (Å²) in [5, 5.41) is 10.0. The Bertz CT molecular complexity index is 1340. The highest BCUT2D eigenvalue weighted by Gasteiger charge is 2.45. The normalized spacial score (nSPS) is 20.8. The standard InChI is InChI=1S/C29H34N6/c1-19(2)33-17-25-15-24(33)18-34(25)29-26-11-10-20(3)14-27(26)35(32-29)23-12-13-30-28(16-23)31-21(4)22-8-6-5-7-9-22/h5-14,16,19,21,24-25H,15,17-18H2,1-4H3,(H,30,31)/t21-,24+,25+/m1/s1. The molecule has 4 heterocycles. The zero-order valence-electron chi connectivity index (χ0n) is 21.0. The van der Waals surface area contributed by atoms with E-state index in [0.29, 0.717) is 18.1 Å². The number of aryl methyl sites for hydroxylation is 1. The van der Waals surface area contributed by atoms with Crippen molar-refractivity contribution in [1.82, 2.24) is 19.7 Å². The average Bonchev–Trinajstić information content (AvgIpc) is 3.57. The zero-order valence-corrected chi connectivity index (χ0v) is 21.0. The molecule has 0 aliphatic carbocycles. The summed E-state index contributed by atoms with van der Waals surface area (Å²) in [5.74, 6) is 1.96. The van der Waals surface area contributed by atoms with Gasteiger partial charge in [-0.15, -0.1) is 5.10 Å². The number of nitrogens with one attached hydrogen (secondary N) is 1. The topological polar surface area (TPSA) is 49.2 Å². The second kappa shape index (κ2) is 8.68. The first-order valence-corrected chi connectivity index (χ1v) is 12.8. The van der Waals surface area contributed by atoms with Gasteiger partial charge in [0.05, 0.1) is 11.2 Å². The first-order valence-electron chi connectivity index (χ1n) is 12.8. The van der Waals surface area contributed by atoms with E-state index in [-0.39, 0.29) is 6.04 Å². The molecular weight excluding hydrogens is 432 g/mol. The second-order valence-electron chi connectivity index (χ2n) is 10.4. The number of fused-ring (bicyclic) bond motifs is 3. The quantitative estimate of drug-likeness (QED) is 0.402. The van der Waals surface area contributed by atoms with Gasteiger partial charge >= 0.3 is 0 Å². The van der Waals surface area contributed by atoms with Gasteiger partial charge in [0, 0.05) is 54.9 Å². The maximum atomic E-state index is 5.22. The number of likely N-dealkylation sites (tertiary alicyclic amines) is 1. The van der Waals surface area contributed by atoms with Crippen molar-refractivity contribution in [3.05, 3.63) is 78.0 Å². The molecule has 0 radical (unpaired) electrons. The smallest absolute Gasteiger partial charge is 0.159 e. The fourth-order valence-corrected chi connectivity index (χ4v) is 5.88. The number of nitrogens with zero attached hydrogens (tertiary/aromatic N) is 5. The van der Waals surface area contributed by atoms with Crippen molar-refractivity contribution in [2.45, 2.75) is 58.3 Å². The van der Waals surface area contributed by atoms with E-state index in [1.165, 1.54) is 22.9 Å². The van der Waals surface area contributed by atoms with Gasteiger partial charge in [-0.2, -0.15) is 0 Å². The maximum Gasteiger partial charge on any atom is 0.159 e. The van der Waals surface area contributed by atoms with Crippen LogP contribution in [0, 0.1) is 6.92 Å². The highest BCUT2D eigenvalue weighted by Crippen LogP contribution is 2.39. The van der Waals surface area contributed by atoms with E-state index in [9.17, 15) is 0 Å². The molecule has 2 fully saturated rings. The van der Waals surface area contributed by atoms with E-state index >= 15 is 0 Å². The molecule has 180 valence electrons. The molecule has 2 saturated heterocycles. The molecule has 2 aliphatic rings. The Kier molecular flexibility index (Phi) is 5.49. The molecule has 6 heteroatoms. The lowest BCUT2D eigenvalue weighted by Gasteiger charge is -2.36. The Morgan fingerprint density at radius 2 is 1.77 bits per heavy atom. The monoisotopic (exact) mass is 466 g/mol. The van der Waals surface area contributed by atoms with Gasteiger partial charge in [0.15, 0.2) is 5.82 Å². The van der Waals surface area contributed by atoms with E-state index < -0.39 is 0 Å². The molecule has 35 heavy (non-hydrogen) atoms. The predicted octanol–water partition coefficient (Wildman–Crippen LogP) is 5.57. The number of piperazine rings is 1. The van der Waals surface area contributed by atoms with Crippen LogP contribution >= 0.6 is 0 Å². The molecule has 6 rings (SSSR count). The summed E-state index contributed by atoms with van der Waals surface area (Å²) in [7, 11) is 0. The summed E-state index contributed by atoms with van der Waals surface area (Å²) >= 11 is 0. The van der Waals surface area contributed by atoms with Crippen molar-refractivity contribution in [3.63, 3.8) is 0 Å². The van der Waals surface area contributed by atoms with Gasteiger partial charge in [0.1, 0.15) is 5.82 Å². The molecule has 3 atom stereocenters. The molecular formula is C29H34N6. The van der Waals surface area contributed by atoms with Crippen LogP contribution in [0.4, 0.5) is 11.6 Å². The van der Waals surface area contributed by atoms with Crippen LogP contribution in [-0.2, 0) is 0 Å². The van der Waals surface area contributed by atoms with E-state index in [0.717, 1.165) is 35.9 Å². The summed E-state index contributed by atoms with van der Waals surface area (Å²) < 4.78 is 2.10. The molecule has 4 aromatic rings.